The fourth-order valence-corrected chi connectivity index (χ4v) is 2.06. The van der Waals surface area contributed by atoms with Gasteiger partial charge in [0, 0.05) is 12.1 Å². The van der Waals surface area contributed by atoms with E-state index in [1.807, 2.05) is 0 Å². The molecule has 2 N–H and O–H groups in total. The minimum Gasteiger partial charge on any atom is -0.494 e. The number of benzene rings is 2. The van der Waals surface area contributed by atoms with Gasteiger partial charge in [-0.3, -0.25) is 0 Å². The molecule has 0 aromatic heterocycles. The van der Waals surface area contributed by atoms with E-state index in [4.69, 9.17) is 15.2 Å². The van der Waals surface area contributed by atoms with Crippen LogP contribution in [0.25, 0.3) is 11.1 Å². The molecule has 0 aliphatic heterocycles. The van der Waals surface area contributed by atoms with Gasteiger partial charge in [-0.25, -0.2) is 4.39 Å². The van der Waals surface area contributed by atoms with Crippen molar-refractivity contribution in [3.05, 3.63) is 42.2 Å². The van der Waals surface area contributed by atoms with E-state index in [1.54, 1.807) is 6.07 Å². The first kappa shape index (κ1) is 20.9. The van der Waals surface area contributed by atoms with E-state index in [9.17, 15) is 17.6 Å². The highest BCUT2D eigenvalue weighted by atomic mass is 35.5. The molecule has 4 nitrogen and oxygen atoms in total. The average molecular weight is 382 g/mol. The molecule has 0 unspecified atom stereocenters. The summed E-state index contributed by atoms with van der Waals surface area (Å²) in [6.07, 6.45) is -4.87. The van der Waals surface area contributed by atoms with Gasteiger partial charge in [0.25, 0.3) is 0 Å². The number of hydrogen-bond donors (Lipinski definition) is 1. The molecular formula is C16H16ClF4NO3. The lowest BCUT2D eigenvalue weighted by Crippen LogP contribution is -2.18. The third-order valence-corrected chi connectivity index (χ3v) is 3.04. The summed E-state index contributed by atoms with van der Waals surface area (Å²) in [6, 6.07) is 8.10. The summed E-state index contributed by atoms with van der Waals surface area (Å²) in [4.78, 5) is 0. The molecule has 0 aliphatic carbocycles. The molecule has 25 heavy (non-hydrogen) atoms. The first-order valence-corrected chi connectivity index (χ1v) is 6.91. The van der Waals surface area contributed by atoms with E-state index in [0.717, 1.165) is 6.07 Å². The average Bonchev–Trinajstić information content (AvgIpc) is 2.53. The maximum atomic E-state index is 14.3. The monoisotopic (exact) mass is 381 g/mol. The quantitative estimate of drug-likeness (QED) is 0.763. The van der Waals surface area contributed by atoms with Crippen LogP contribution in [0.5, 0.6) is 17.2 Å². The van der Waals surface area contributed by atoms with Crippen molar-refractivity contribution >= 4 is 12.4 Å². The minimum atomic E-state index is -4.87. The molecule has 0 heterocycles. The molecular weight excluding hydrogens is 366 g/mol. The standard InChI is InChI=1S/C16H15F4NO3.ClH/c1-22-13-4-2-3-11(15(13)17)10-5-6-12(24-16(18,19)20)14(9-10)23-8-7-21;/h2-6,9H,7-8,21H2,1H3;1H. The summed E-state index contributed by atoms with van der Waals surface area (Å²) < 4.78 is 65.7. The zero-order valence-electron chi connectivity index (χ0n) is 13.1. The van der Waals surface area contributed by atoms with Crippen LogP contribution in [0.2, 0.25) is 0 Å². The number of hydrogen-bond acceptors (Lipinski definition) is 4. The van der Waals surface area contributed by atoms with Gasteiger partial charge in [-0.15, -0.1) is 25.6 Å². The Kier molecular flexibility index (Phi) is 7.32. The van der Waals surface area contributed by atoms with Crippen molar-refractivity contribution in [2.75, 3.05) is 20.3 Å². The highest BCUT2D eigenvalue weighted by molar-refractivity contribution is 5.85. The van der Waals surface area contributed by atoms with Crippen LogP contribution in [0.4, 0.5) is 17.6 Å². The summed E-state index contributed by atoms with van der Waals surface area (Å²) in [5, 5.41) is 0. The Labute approximate surface area is 147 Å². The zero-order chi connectivity index (χ0) is 17.7. The van der Waals surface area contributed by atoms with Crippen LogP contribution in [0.1, 0.15) is 0 Å². The van der Waals surface area contributed by atoms with Crippen LogP contribution >= 0.6 is 12.4 Å². The van der Waals surface area contributed by atoms with Crippen LogP contribution in [0.15, 0.2) is 36.4 Å². The zero-order valence-corrected chi connectivity index (χ0v) is 13.9. The molecule has 9 heteroatoms. The second-order valence-electron chi connectivity index (χ2n) is 4.67. The van der Waals surface area contributed by atoms with E-state index < -0.39 is 17.9 Å². The van der Waals surface area contributed by atoms with Gasteiger partial charge in [0.2, 0.25) is 0 Å². The summed E-state index contributed by atoms with van der Waals surface area (Å²) in [7, 11) is 1.32. The van der Waals surface area contributed by atoms with Gasteiger partial charge in [0.1, 0.15) is 6.61 Å². The summed E-state index contributed by atoms with van der Waals surface area (Å²) in [6.45, 7) is 0.0848. The normalized spacial score (nSPS) is 10.8. The van der Waals surface area contributed by atoms with Gasteiger partial charge >= 0.3 is 6.36 Å². The molecule has 0 spiro atoms. The smallest absolute Gasteiger partial charge is 0.494 e. The Balaban J connectivity index is 0.00000312. The van der Waals surface area contributed by atoms with Crippen LogP contribution < -0.4 is 19.9 Å². The first-order valence-electron chi connectivity index (χ1n) is 6.91. The SMILES string of the molecule is COc1cccc(-c2ccc(OC(F)(F)F)c(OCCN)c2)c1F.Cl. The largest absolute Gasteiger partial charge is 0.573 e. The molecule has 2 aromatic rings. The molecule has 0 saturated heterocycles. The molecule has 0 radical (unpaired) electrons. The van der Waals surface area contributed by atoms with Gasteiger partial charge in [0.15, 0.2) is 23.1 Å². The molecule has 0 bridgehead atoms. The summed E-state index contributed by atoms with van der Waals surface area (Å²) >= 11 is 0. The number of ether oxygens (including phenoxy) is 3. The minimum absolute atomic E-state index is 0. The predicted molar refractivity (Wildman–Crippen MR) is 86.9 cm³/mol. The third-order valence-electron chi connectivity index (χ3n) is 3.04. The van der Waals surface area contributed by atoms with Crippen LogP contribution in [0.3, 0.4) is 0 Å². The maximum absolute atomic E-state index is 14.3. The van der Waals surface area contributed by atoms with Crippen molar-refractivity contribution < 1.29 is 31.8 Å². The number of halogens is 5. The molecule has 0 amide bonds. The first-order chi connectivity index (χ1) is 11.4. The Morgan fingerprint density at radius 3 is 2.36 bits per heavy atom. The fraction of sp³-hybridized carbons (Fsp3) is 0.250. The fourth-order valence-electron chi connectivity index (χ4n) is 2.06. The van der Waals surface area contributed by atoms with Gasteiger partial charge in [-0.2, -0.15) is 0 Å². The maximum Gasteiger partial charge on any atom is 0.573 e. The number of rotatable bonds is 6. The lowest BCUT2D eigenvalue weighted by molar-refractivity contribution is -0.275. The Morgan fingerprint density at radius 2 is 1.76 bits per heavy atom. The Bertz CT molecular complexity index is 710. The second-order valence-corrected chi connectivity index (χ2v) is 4.67. The second kappa shape index (κ2) is 8.77. The van der Waals surface area contributed by atoms with E-state index in [1.165, 1.54) is 31.4 Å². The van der Waals surface area contributed by atoms with E-state index in [-0.39, 0.29) is 42.6 Å². The third kappa shape index (κ3) is 5.40. The molecule has 0 aliphatic rings. The van der Waals surface area contributed by atoms with Crippen LogP contribution in [-0.4, -0.2) is 26.6 Å². The van der Waals surface area contributed by atoms with E-state index in [0.29, 0.717) is 5.56 Å². The topological polar surface area (TPSA) is 53.7 Å². The van der Waals surface area contributed by atoms with Gasteiger partial charge in [0.05, 0.1) is 7.11 Å². The highest BCUT2D eigenvalue weighted by Crippen LogP contribution is 2.37. The predicted octanol–water partition coefficient (Wildman–Crippen LogP) is 4.16. The molecule has 2 rings (SSSR count). The van der Waals surface area contributed by atoms with E-state index >= 15 is 0 Å². The van der Waals surface area contributed by atoms with Crippen molar-refractivity contribution in [2.24, 2.45) is 5.73 Å². The lowest BCUT2D eigenvalue weighted by atomic mass is 10.0. The van der Waals surface area contributed by atoms with Crippen molar-refractivity contribution in [1.29, 1.82) is 0 Å². The van der Waals surface area contributed by atoms with Gasteiger partial charge < -0.3 is 19.9 Å². The Morgan fingerprint density at radius 1 is 1.04 bits per heavy atom. The molecule has 0 fully saturated rings. The van der Waals surface area contributed by atoms with Crippen molar-refractivity contribution in [3.8, 4) is 28.4 Å². The Hall–Kier alpha value is -2.19. The summed E-state index contributed by atoms with van der Waals surface area (Å²) in [5.41, 5.74) is 5.77. The number of alkyl halides is 3. The number of nitrogens with two attached hydrogens (primary N) is 1. The number of methoxy groups -OCH3 is 1. The van der Waals surface area contributed by atoms with E-state index in [2.05, 4.69) is 4.74 Å². The lowest BCUT2D eigenvalue weighted by Gasteiger charge is -2.15. The van der Waals surface area contributed by atoms with Gasteiger partial charge in [-0.1, -0.05) is 18.2 Å². The van der Waals surface area contributed by atoms with Crippen molar-refractivity contribution in [2.45, 2.75) is 6.36 Å². The van der Waals surface area contributed by atoms with Crippen molar-refractivity contribution in [3.63, 3.8) is 0 Å². The molecule has 2 aromatic carbocycles. The molecule has 138 valence electrons. The molecule has 0 atom stereocenters. The van der Waals surface area contributed by atoms with Crippen LogP contribution in [-0.2, 0) is 0 Å². The van der Waals surface area contributed by atoms with Gasteiger partial charge in [-0.05, 0) is 23.8 Å². The molecule has 0 saturated carbocycles. The highest BCUT2D eigenvalue weighted by Gasteiger charge is 2.32. The van der Waals surface area contributed by atoms with Crippen molar-refractivity contribution in [1.82, 2.24) is 0 Å². The van der Waals surface area contributed by atoms with Crippen LogP contribution in [0, 0.1) is 5.82 Å². The summed E-state index contributed by atoms with van der Waals surface area (Å²) in [5.74, 6) is -1.32.